The van der Waals surface area contributed by atoms with Gasteiger partial charge in [0.2, 0.25) is 0 Å². The zero-order valence-corrected chi connectivity index (χ0v) is 28.5. The van der Waals surface area contributed by atoms with Crippen molar-refractivity contribution in [1.29, 1.82) is 0 Å². The maximum Gasteiger partial charge on any atom is 0.501 e. The molecule has 0 aromatic carbocycles. The van der Waals surface area contributed by atoms with Gasteiger partial charge in [-0.25, -0.2) is 0 Å². The van der Waals surface area contributed by atoms with Gasteiger partial charge in [0.05, 0.1) is 79.5 Å². The van der Waals surface area contributed by atoms with E-state index in [1.807, 2.05) is 0 Å². The molecule has 2 atom stereocenters. The first-order valence-corrected chi connectivity index (χ1v) is 19.5. The number of hydrogen-bond acceptors (Lipinski definition) is 6. The van der Waals surface area contributed by atoms with Crippen LogP contribution in [0.3, 0.4) is 0 Å². The van der Waals surface area contributed by atoms with Crippen LogP contribution < -0.4 is 0 Å². The standard InChI is InChI=1S/C33H68NO6Si/c1-4-5-6-7-8-9-10-11-12-13-14-15-16-17-18-19-22-34(2,3)23-20-31-41-38-28-25-35-24-21-33(37-27-30-40-41)32-36-26-29-39-41/h33H,4-32H2,1-3H3/q+1. The average Bonchev–Trinajstić information content (AvgIpc) is 2.97. The van der Waals surface area contributed by atoms with Gasteiger partial charge in [0.25, 0.3) is 0 Å². The third-order valence-electron chi connectivity index (χ3n) is 8.61. The van der Waals surface area contributed by atoms with E-state index in [1.165, 1.54) is 109 Å². The number of ether oxygens (including phenoxy) is 3. The molecule has 2 saturated heterocycles. The van der Waals surface area contributed by atoms with E-state index in [0.29, 0.717) is 52.9 Å². The molecular formula is C33H68NO6Si+. The molecule has 0 aromatic heterocycles. The van der Waals surface area contributed by atoms with Crippen molar-refractivity contribution in [1.82, 2.24) is 0 Å². The second kappa shape index (κ2) is 24.3. The molecule has 2 heterocycles. The van der Waals surface area contributed by atoms with Gasteiger partial charge in [0.1, 0.15) is 0 Å². The summed E-state index contributed by atoms with van der Waals surface area (Å²) in [7, 11) is 1.92. The maximum absolute atomic E-state index is 6.34. The van der Waals surface area contributed by atoms with Gasteiger partial charge in [-0.1, -0.05) is 96.8 Å². The Hall–Kier alpha value is -0.0631. The summed E-state index contributed by atoms with van der Waals surface area (Å²) < 4.78 is 37.6. The molecule has 2 bridgehead atoms. The highest BCUT2D eigenvalue weighted by atomic mass is 28.4. The molecular weight excluding hydrogens is 534 g/mol. The molecule has 0 spiro atoms. The zero-order valence-electron chi connectivity index (χ0n) is 27.5. The number of unbranched alkanes of at least 4 members (excludes halogenated alkanes) is 15. The van der Waals surface area contributed by atoms with E-state index in [4.69, 9.17) is 27.5 Å². The predicted octanol–water partition coefficient (Wildman–Crippen LogP) is 7.54. The van der Waals surface area contributed by atoms with Gasteiger partial charge in [-0.3, -0.25) is 0 Å². The largest absolute Gasteiger partial charge is 0.501 e. The highest BCUT2D eigenvalue weighted by Crippen LogP contribution is 2.21. The first-order valence-electron chi connectivity index (χ1n) is 17.6. The van der Waals surface area contributed by atoms with E-state index in [2.05, 4.69) is 21.0 Å². The summed E-state index contributed by atoms with van der Waals surface area (Å²) in [5, 5.41) is 0. The van der Waals surface area contributed by atoms with Gasteiger partial charge in [-0.05, 0) is 19.3 Å². The summed E-state index contributed by atoms with van der Waals surface area (Å²) in [6, 6.07) is 0.830. The molecule has 0 radical (unpaired) electrons. The summed E-state index contributed by atoms with van der Waals surface area (Å²) in [5.74, 6) is 0. The van der Waals surface area contributed by atoms with Crippen LogP contribution in [0.15, 0.2) is 0 Å². The molecule has 0 N–H and O–H groups in total. The topological polar surface area (TPSA) is 55.4 Å². The minimum Gasteiger partial charge on any atom is -0.379 e. The van der Waals surface area contributed by atoms with Crippen molar-refractivity contribution in [3.05, 3.63) is 0 Å². The summed E-state index contributed by atoms with van der Waals surface area (Å²) in [6.07, 6.45) is 24.6. The third kappa shape index (κ3) is 19.8. The first kappa shape index (κ1) is 37.1. The SMILES string of the molecule is CCCCCCCCCCCCCCCCCC[N+](C)(C)CCC[Si]12OCCOCCC(COCCO1)OCCO2. The molecule has 2 aliphatic rings. The van der Waals surface area contributed by atoms with Crippen LogP contribution in [-0.2, 0) is 27.5 Å². The lowest BCUT2D eigenvalue weighted by atomic mass is 10.0. The molecule has 2 rings (SSSR count). The van der Waals surface area contributed by atoms with Crippen LogP contribution in [0.25, 0.3) is 0 Å². The summed E-state index contributed by atoms with van der Waals surface area (Å²) in [5.41, 5.74) is 0. The van der Waals surface area contributed by atoms with Crippen LogP contribution in [0.1, 0.15) is 122 Å². The van der Waals surface area contributed by atoms with E-state index in [0.717, 1.165) is 29.9 Å². The summed E-state index contributed by atoms with van der Waals surface area (Å²) >= 11 is 0. The van der Waals surface area contributed by atoms with Crippen molar-refractivity contribution in [2.24, 2.45) is 0 Å². The van der Waals surface area contributed by atoms with Gasteiger partial charge in [-0.15, -0.1) is 0 Å². The molecule has 0 aromatic rings. The zero-order chi connectivity index (χ0) is 29.3. The van der Waals surface area contributed by atoms with Crippen molar-refractivity contribution in [2.45, 2.75) is 135 Å². The Bertz CT molecular complexity index is 594. The van der Waals surface area contributed by atoms with Crippen LogP contribution in [0.2, 0.25) is 6.04 Å². The molecule has 0 aliphatic carbocycles. The second-order valence-corrected chi connectivity index (χ2v) is 15.7. The molecule has 7 nitrogen and oxygen atoms in total. The number of nitrogens with zero attached hydrogens (tertiary/aromatic N) is 1. The molecule has 244 valence electrons. The quantitative estimate of drug-likeness (QED) is 0.0769. The Balaban J connectivity index is 1.53. The lowest BCUT2D eigenvalue weighted by molar-refractivity contribution is -0.890. The predicted molar refractivity (Wildman–Crippen MR) is 170 cm³/mol. The minimum absolute atomic E-state index is 0.0516. The maximum atomic E-state index is 6.34. The van der Waals surface area contributed by atoms with Crippen LogP contribution >= 0.6 is 0 Å². The summed E-state index contributed by atoms with van der Waals surface area (Å²) in [4.78, 5) is 0. The summed E-state index contributed by atoms with van der Waals surface area (Å²) in [6.45, 7) is 9.07. The minimum atomic E-state index is -2.80. The number of rotatable bonds is 21. The Labute approximate surface area is 255 Å². The van der Waals surface area contributed by atoms with Crippen molar-refractivity contribution in [2.75, 3.05) is 80.0 Å². The van der Waals surface area contributed by atoms with E-state index >= 15 is 0 Å². The Kier molecular flexibility index (Phi) is 22.0. The van der Waals surface area contributed by atoms with Crippen molar-refractivity contribution in [3.8, 4) is 0 Å². The molecule has 0 amide bonds. The molecule has 8 heteroatoms. The van der Waals surface area contributed by atoms with Crippen LogP contribution in [-0.4, -0.2) is 99.4 Å². The Morgan fingerprint density at radius 2 is 1.02 bits per heavy atom. The highest BCUT2D eigenvalue weighted by Gasteiger charge is 2.42. The van der Waals surface area contributed by atoms with Crippen molar-refractivity contribution >= 4 is 8.80 Å². The second-order valence-electron chi connectivity index (χ2n) is 13.0. The van der Waals surface area contributed by atoms with Gasteiger partial charge < -0.3 is 32.0 Å². The average molecular weight is 603 g/mol. The van der Waals surface area contributed by atoms with E-state index in [-0.39, 0.29) is 6.10 Å². The Morgan fingerprint density at radius 1 is 0.537 bits per heavy atom. The van der Waals surface area contributed by atoms with Crippen molar-refractivity contribution < 1.29 is 32.0 Å². The van der Waals surface area contributed by atoms with E-state index in [1.54, 1.807) is 0 Å². The highest BCUT2D eigenvalue weighted by molar-refractivity contribution is 6.60. The van der Waals surface area contributed by atoms with Gasteiger partial charge in [0.15, 0.2) is 0 Å². The number of fused-ring (bicyclic) bond motifs is 5. The number of hydrogen-bond donors (Lipinski definition) is 0. The van der Waals surface area contributed by atoms with Gasteiger partial charge in [0, 0.05) is 19.1 Å². The van der Waals surface area contributed by atoms with Crippen LogP contribution in [0.4, 0.5) is 0 Å². The first-order chi connectivity index (χ1) is 20.1. The normalized spacial score (nSPS) is 23.3. The van der Waals surface area contributed by atoms with Gasteiger partial charge in [-0.2, -0.15) is 0 Å². The van der Waals surface area contributed by atoms with E-state index < -0.39 is 8.80 Å². The third-order valence-corrected chi connectivity index (χ3v) is 11.5. The lowest BCUT2D eigenvalue weighted by Gasteiger charge is -2.33. The molecule has 2 unspecified atom stereocenters. The van der Waals surface area contributed by atoms with Crippen molar-refractivity contribution in [3.63, 3.8) is 0 Å². The van der Waals surface area contributed by atoms with Gasteiger partial charge >= 0.3 is 8.80 Å². The lowest BCUT2D eigenvalue weighted by Crippen LogP contribution is -2.49. The number of quaternary nitrogens is 1. The molecule has 41 heavy (non-hydrogen) atoms. The van der Waals surface area contributed by atoms with Crippen LogP contribution in [0, 0.1) is 0 Å². The molecule has 0 saturated carbocycles. The fourth-order valence-corrected chi connectivity index (χ4v) is 8.39. The fourth-order valence-electron chi connectivity index (χ4n) is 5.94. The molecule has 2 fully saturated rings. The molecule has 2 aliphatic heterocycles. The van der Waals surface area contributed by atoms with Crippen LogP contribution in [0.5, 0.6) is 0 Å². The van der Waals surface area contributed by atoms with E-state index in [9.17, 15) is 0 Å². The smallest absolute Gasteiger partial charge is 0.379 e. The Morgan fingerprint density at radius 3 is 1.61 bits per heavy atom. The fraction of sp³-hybridized carbons (Fsp3) is 1.00. The monoisotopic (exact) mass is 602 g/mol.